The van der Waals surface area contributed by atoms with Crippen LogP contribution in [0.25, 0.3) is 0 Å². The molecule has 0 atom stereocenters. The van der Waals surface area contributed by atoms with Crippen LogP contribution in [0.1, 0.15) is 13.8 Å². The number of likely N-dealkylation sites (N-methyl/N-ethyl adjacent to an activating group) is 1. The zero-order valence-corrected chi connectivity index (χ0v) is 11.6. The fraction of sp³-hybridized carbons (Fsp3) is 0.500. The van der Waals surface area contributed by atoms with Gasteiger partial charge in [0.2, 0.25) is 0 Å². The molecule has 0 saturated heterocycles. The Balaban J connectivity index is 2.85. The summed E-state index contributed by atoms with van der Waals surface area (Å²) in [5.74, 6) is -0.596. The lowest BCUT2D eigenvalue weighted by Gasteiger charge is -2.23. The summed E-state index contributed by atoms with van der Waals surface area (Å²) in [5.41, 5.74) is 12.0. The fourth-order valence-electron chi connectivity index (χ4n) is 1.58. The molecule has 0 radical (unpaired) electrons. The first-order valence-electron chi connectivity index (χ1n) is 5.70. The van der Waals surface area contributed by atoms with Crippen LogP contribution in [-0.2, 0) is 4.74 Å². The SMILES string of the molecule is CC(C)OCCN(C)c1c(N)cc(N)c(Cl)c1F. The number of halogens is 2. The molecule has 0 aliphatic heterocycles. The molecule has 0 bridgehead atoms. The Bertz CT molecular complexity index is 426. The van der Waals surface area contributed by atoms with Crippen molar-refractivity contribution in [2.75, 3.05) is 36.6 Å². The minimum atomic E-state index is -0.596. The van der Waals surface area contributed by atoms with E-state index in [0.717, 1.165) is 0 Å². The van der Waals surface area contributed by atoms with Crippen LogP contribution < -0.4 is 16.4 Å². The molecule has 0 amide bonds. The van der Waals surface area contributed by atoms with E-state index in [1.807, 2.05) is 13.8 Å². The van der Waals surface area contributed by atoms with Crippen LogP contribution in [0.4, 0.5) is 21.5 Å². The van der Waals surface area contributed by atoms with Crippen molar-refractivity contribution in [2.24, 2.45) is 0 Å². The highest BCUT2D eigenvalue weighted by molar-refractivity contribution is 6.33. The van der Waals surface area contributed by atoms with E-state index in [1.165, 1.54) is 6.07 Å². The molecule has 1 aromatic rings. The van der Waals surface area contributed by atoms with Crippen LogP contribution in [0.3, 0.4) is 0 Å². The minimum Gasteiger partial charge on any atom is -0.397 e. The van der Waals surface area contributed by atoms with Gasteiger partial charge >= 0.3 is 0 Å². The van der Waals surface area contributed by atoms with Crippen molar-refractivity contribution in [3.8, 4) is 0 Å². The third-order valence-corrected chi connectivity index (χ3v) is 2.88. The molecule has 0 spiro atoms. The van der Waals surface area contributed by atoms with Gasteiger partial charge in [-0.05, 0) is 19.9 Å². The van der Waals surface area contributed by atoms with Crippen molar-refractivity contribution in [3.63, 3.8) is 0 Å². The summed E-state index contributed by atoms with van der Waals surface area (Å²) in [6.07, 6.45) is 0.135. The van der Waals surface area contributed by atoms with E-state index >= 15 is 0 Å². The summed E-state index contributed by atoms with van der Waals surface area (Å²) in [6.45, 7) is 4.87. The molecule has 0 aliphatic carbocycles. The van der Waals surface area contributed by atoms with E-state index in [-0.39, 0.29) is 28.2 Å². The van der Waals surface area contributed by atoms with Crippen molar-refractivity contribution < 1.29 is 9.13 Å². The van der Waals surface area contributed by atoms with Crippen LogP contribution >= 0.6 is 11.6 Å². The Labute approximate surface area is 112 Å². The molecular weight excluding hydrogens is 257 g/mol. The largest absolute Gasteiger partial charge is 0.397 e. The average molecular weight is 276 g/mol. The molecule has 0 fully saturated rings. The molecular formula is C12H19ClFN3O. The quantitative estimate of drug-likeness (QED) is 0.811. The van der Waals surface area contributed by atoms with Gasteiger partial charge < -0.3 is 21.1 Å². The number of rotatable bonds is 5. The second-order valence-corrected chi connectivity index (χ2v) is 4.75. The maximum absolute atomic E-state index is 14.0. The minimum absolute atomic E-state index is 0.101. The lowest BCUT2D eigenvalue weighted by atomic mass is 10.2. The van der Waals surface area contributed by atoms with Gasteiger partial charge in [0.25, 0.3) is 0 Å². The lowest BCUT2D eigenvalue weighted by molar-refractivity contribution is 0.0845. The molecule has 6 heteroatoms. The number of hydrogen-bond acceptors (Lipinski definition) is 4. The van der Waals surface area contributed by atoms with Crippen molar-refractivity contribution in [1.29, 1.82) is 0 Å². The fourth-order valence-corrected chi connectivity index (χ4v) is 1.73. The first-order chi connectivity index (χ1) is 8.34. The molecule has 0 aliphatic rings. The topological polar surface area (TPSA) is 64.5 Å². The number of nitrogens with zero attached hydrogens (tertiary/aromatic N) is 1. The number of nitrogens with two attached hydrogens (primary N) is 2. The first kappa shape index (κ1) is 14.9. The highest BCUT2D eigenvalue weighted by Crippen LogP contribution is 2.35. The second kappa shape index (κ2) is 6.11. The first-order valence-corrected chi connectivity index (χ1v) is 6.08. The van der Waals surface area contributed by atoms with E-state index in [0.29, 0.717) is 13.2 Å². The van der Waals surface area contributed by atoms with E-state index < -0.39 is 5.82 Å². The van der Waals surface area contributed by atoms with Gasteiger partial charge in [0.1, 0.15) is 5.02 Å². The molecule has 4 nitrogen and oxygen atoms in total. The zero-order chi connectivity index (χ0) is 13.9. The number of nitrogen functional groups attached to an aromatic ring is 2. The number of hydrogen-bond donors (Lipinski definition) is 2. The molecule has 0 aromatic heterocycles. The van der Waals surface area contributed by atoms with Crippen LogP contribution in [0.15, 0.2) is 6.07 Å². The lowest BCUT2D eigenvalue weighted by Crippen LogP contribution is -2.26. The van der Waals surface area contributed by atoms with Crippen molar-refractivity contribution in [2.45, 2.75) is 20.0 Å². The average Bonchev–Trinajstić information content (AvgIpc) is 2.25. The van der Waals surface area contributed by atoms with E-state index in [2.05, 4.69) is 0 Å². The second-order valence-electron chi connectivity index (χ2n) is 4.37. The van der Waals surface area contributed by atoms with E-state index in [4.69, 9.17) is 27.8 Å². The Hall–Kier alpha value is -1.20. The van der Waals surface area contributed by atoms with Crippen molar-refractivity contribution in [3.05, 3.63) is 16.9 Å². The summed E-state index contributed by atoms with van der Waals surface area (Å²) in [5, 5.41) is -0.101. The third kappa shape index (κ3) is 3.40. The Morgan fingerprint density at radius 2 is 2.00 bits per heavy atom. The molecule has 102 valence electrons. The van der Waals surface area contributed by atoms with Crippen molar-refractivity contribution in [1.82, 2.24) is 0 Å². The zero-order valence-electron chi connectivity index (χ0n) is 10.8. The van der Waals surface area contributed by atoms with Crippen molar-refractivity contribution >= 4 is 28.7 Å². The molecule has 18 heavy (non-hydrogen) atoms. The highest BCUT2D eigenvalue weighted by Gasteiger charge is 2.17. The number of anilines is 3. The van der Waals surface area contributed by atoms with Crippen LogP contribution in [-0.4, -0.2) is 26.3 Å². The summed E-state index contributed by atoms with van der Waals surface area (Å²) >= 11 is 5.77. The summed E-state index contributed by atoms with van der Waals surface area (Å²) in [7, 11) is 1.73. The maximum atomic E-state index is 14.0. The van der Waals surface area contributed by atoms with Crippen LogP contribution in [0, 0.1) is 5.82 Å². The Kier molecular flexibility index (Phi) is 5.04. The van der Waals surface area contributed by atoms with Gasteiger partial charge in [0, 0.05) is 13.6 Å². The highest BCUT2D eigenvalue weighted by atomic mass is 35.5. The van der Waals surface area contributed by atoms with E-state index in [9.17, 15) is 4.39 Å². The van der Waals surface area contributed by atoms with E-state index in [1.54, 1.807) is 11.9 Å². The Morgan fingerprint density at radius 1 is 1.39 bits per heavy atom. The molecule has 4 N–H and O–H groups in total. The molecule has 0 unspecified atom stereocenters. The molecule has 0 saturated carbocycles. The van der Waals surface area contributed by atoms with Gasteiger partial charge in [-0.3, -0.25) is 0 Å². The molecule has 1 aromatic carbocycles. The van der Waals surface area contributed by atoms with Gasteiger partial charge in [-0.1, -0.05) is 11.6 Å². The maximum Gasteiger partial charge on any atom is 0.169 e. The Morgan fingerprint density at radius 3 is 2.56 bits per heavy atom. The molecule has 1 rings (SSSR count). The molecule has 0 heterocycles. The van der Waals surface area contributed by atoms with Crippen LogP contribution in [0.2, 0.25) is 5.02 Å². The van der Waals surface area contributed by atoms with Gasteiger partial charge in [-0.2, -0.15) is 0 Å². The smallest absolute Gasteiger partial charge is 0.169 e. The predicted molar refractivity (Wildman–Crippen MR) is 74.6 cm³/mol. The normalized spacial score (nSPS) is 11.0. The third-order valence-electron chi connectivity index (χ3n) is 2.50. The van der Waals surface area contributed by atoms with Gasteiger partial charge in [-0.15, -0.1) is 0 Å². The monoisotopic (exact) mass is 275 g/mol. The standard InChI is InChI=1S/C12H19ClFN3O/c1-7(2)18-5-4-17(3)12-9(16)6-8(15)10(13)11(12)14/h6-7H,4-5,15-16H2,1-3H3. The summed E-state index contributed by atoms with van der Waals surface area (Å²) in [6, 6.07) is 1.46. The number of benzene rings is 1. The van der Waals surface area contributed by atoms with Gasteiger partial charge in [0.05, 0.1) is 29.8 Å². The van der Waals surface area contributed by atoms with Crippen LogP contribution in [0.5, 0.6) is 0 Å². The van der Waals surface area contributed by atoms with Gasteiger partial charge in [0.15, 0.2) is 5.82 Å². The summed E-state index contributed by atoms with van der Waals surface area (Å²) in [4.78, 5) is 1.67. The summed E-state index contributed by atoms with van der Waals surface area (Å²) < 4.78 is 19.4. The van der Waals surface area contributed by atoms with Gasteiger partial charge in [-0.25, -0.2) is 4.39 Å². The predicted octanol–water partition coefficient (Wildman–Crippen LogP) is 2.50. The number of ether oxygens (including phenoxy) is 1.